The van der Waals surface area contributed by atoms with Gasteiger partial charge in [0, 0.05) is 31.4 Å². The normalized spacial score (nSPS) is 10.4. The molecule has 0 atom stereocenters. The van der Waals surface area contributed by atoms with E-state index in [2.05, 4.69) is 9.97 Å². The maximum absolute atomic E-state index is 10.5. The van der Waals surface area contributed by atoms with Crippen LogP contribution in [0.25, 0.3) is 11.3 Å². The molecule has 0 spiro atoms. The Morgan fingerprint density at radius 3 is 2.76 bits per heavy atom. The third-order valence-electron chi connectivity index (χ3n) is 2.62. The SMILES string of the molecule is Cn1c(-c2ccncc2)cnc1CCC(=O)O. The summed E-state index contributed by atoms with van der Waals surface area (Å²) in [5, 5.41) is 8.64. The molecule has 0 saturated heterocycles. The molecule has 0 unspecified atom stereocenters. The molecule has 0 aliphatic heterocycles. The summed E-state index contributed by atoms with van der Waals surface area (Å²) in [4.78, 5) is 18.7. The molecule has 2 heterocycles. The van der Waals surface area contributed by atoms with Crippen molar-refractivity contribution in [2.75, 3.05) is 0 Å². The first-order chi connectivity index (χ1) is 8.18. The Bertz CT molecular complexity index is 520. The second-order valence-corrected chi connectivity index (χ2v) is 3.75. The number of rotatable bonds is 4. The lowest BCUT2D eigenvalue weighted by Gasteiger charge is -2.04. The highest BCUT2D eigenvalue weighted by Gasteiger charge is 2.09. The zero-order chi connectivity index (χ0) is 12.3. The van der Waals surface area contributed by atoms with Crippen LogP contribution in [0.5, 0.6) is 0 Å². The van der Waals surface area contributed by atoms with Gasteiger partial charge >= 0.3 is 5.97 Å². The molecular formula is C12H13N3O2. The minimum absolute atomic E-state index is 0.0979. The Balaban J connectivity index is 2.24. The standard InChI is InChI=1S/C12H13N3O2/c1-15-10(9-4-6-13-7-5-9)8-14-11(15)2-3-12(16)17/h4-8H,2-3H2,1H3,(H,16,17). The summed E-state index contributed by atoms with van der Waals surface area (Å²) in [5.41, 5.74) is 1.99. The molecule has 88 valence electrons. The molecule has 17 heavy (non-hydrogen) atoms. The van der Waals surface area contributed by atoms with E-state index in [-0.39, 0.29) is 6.42 Å². The summed E-state index contributed by atoms with van der Waals surface area (Å²) in [6.45, 7) is 0. The van der Waals surface area contributed by atoms with E-state index >= 15 is 0 Å². The second-order valence-electron chi connectivity index (χ2n) is 3.75. The Morgan fingerprint density at radius 1 is 1.41 bits per heavy atom. The van der Waals surface area contributed by atoms with Crippen molar-refractivity contribution in [3.63, 3.8) is 0 Å². The summed E-state index contributed by atoms with van der Waals surface area (Å²) < 4.78 is 1.91. The van der Waals surface area contributed by atoms with Gasteiger partial charge in [0.25, 0.3) is 0 Å². The van der Waals surface area contributed by atoms with E-state index in [4.69, 9.17) is 5.11 Å². The number of carboxylic acid groups (broad SMARTS) is 1. The van der Waals surface area contributed by atoms with Crippen LogP contribution < -0.4 is 0 Å². The minimum Gasteiger partial charge on any atom is -0.481 e. The first-order valence-corrected chi connectivity index (χ1v) is 5.31. The highest BCUT2D eigenvalue weighted by atomic mass is 16.4. The number of pyridine rings is 1. The predicted octanol–water partition coefficient (Wildman–Crippen LogP) is 1.50. The number of nitrogens with zero attached hydrogens (tertiary/aromatic N) is 3. The Morgan fingerprint density at radius 2 is 2.12 bits per heavy atom. The van der Waals surface area contributed by atoms with Crippen molar-refractivity contribution in [3.8, 4) is 11.3 Å². The number of aliphatic carboxylic acids is 1. The summed E-state index contributed by atoms with van der Waals surface area (Å²) in [6, 6.07) is 3.80. The van der Waals surface area contributed by atoms with Gasteiger partial charge in [-0.3, -0.25) is 9.78 Å². The van der Waals surface area contributed by atoms with Crippen molar-refractivity contribution >= 4 is 5.97 Å². The smallest absolute Gasteiger partial charge is 0.303 e. The molecule has 5 nitrogen and oxygen atoms in total. The summed E-state index contributed by atoms with van der Waals surface area (Å²) in [7, 11) is 1.89. The van der Waals surface area contributed by atoms with Crippen molar-refractivity contribution in [1.29, 1.82) is 0 Å². The molecule has 2 aromatic rings. The van der Waals surface area contributed by atoms with E-state index in [9.17, 15) is 4.79 Å². The minimum atomic E-state index is -0.807. The van der Waals surface area contributed by atoms with Crippen molar-refractivity contribution in [2.24, 2.45) is 7.05 Å². The molecule has 0 saturated carbocycles. The fourth-order valence-corrected chi connectivity index (χ4v) is 1.69. The fraction of sp³-hybridized carbons (Fsp3) is 0.250. The number of hydrogen-bond donors (Lipinski definition) is 1. The van der Waals surface area contributed by atoms with Crippen LogP contribution in [0.2, 0.25) is 0 Å². The van der Waals surface area contributed by atoms with E-state index in [0.717, 1.165) is 17.1 Å². The van der Waals surface area contributed by atoms with E-state index < -0.39 is 5.97 Å². The van der Waals surface area contributed by atoms with Crippen LogP contribution in [0.4, 0.5) is 0 Å². The van der Waals surface area contributed by atoms with Gasteiger partial charge in [-0.15, -0.1) is 0 Å². The topological polar surface area (TPSA) is 68.0 Å². The lowest BCUT2D eigenvalue weighted by molar-refractivity contribution is -0.137. The summed E-state index contributed by atoms with van der Waals surface area (Å²) in [6.07, 6.45) is 5.74. The van der Waals surface area contributed by atoms with Gasteiger partial charge in [0.05, 0.1) is 18.3 Å². The van der Waals surface area contributed by atoms with Crippen LogP contribution in [-0.2, 0) is 18.3 Å². The molecule has 0 bridgehead atoms. The molecule has 2 aromatic heterocycles. The summed E-state index contributed by atoms with van der Waals surface area (Å²) >= 11 is 0. The molecule has 0 aliphatic rings. The Labute approximate surface area is 98.8 Å². The van der Waals surface area contributed by atoms with Crippen molar-refractivity contribution in [1.82, 2.24) is 14.5 Å². The van der Waals surface area contributed by atoms with Gasteiger partial charge in [0.15, 0.2) is 0 Å². The molecule has 0 amide bonds. The van der Waals surface area contributed by atoms with Crippen molar-refractivity contribution < 1.29 is 9.90 Å². The number of imidazole rings is 1. The zero-order valence-corrected chi connectivity index (χ0v) is 9.50. The Kier molecular flexibility index (Phi) is 3.18. The molecule has 1 N–H and O–H groups in total. The molecule has 0 fully saturated rings. The largest absolute Gasteiger partial charge is 0.481 e. The van der Waals surface area contributed by atoms with E-state index in [1.54, 1.807) is 18.6 Å². The van der Waals surface area contributed by atoms with E-state index in [1.807, 2.05) is 23.7 Å². The van der Waals surface area contributed by atoms with Crippen molar-refractivity contribution in [3.05, 3.63) is 36.5 Å². The first-order valence-electron chi connectivity index (χ1n) is 5.31. The number of hydrogen-bond acceptors (Lipinski definition) is 3. The monoisotopic (exact) mass is 231 g/mol. The van der Waals surface area contributed by atoms with Gasteiger partial charge in [-0.25, -0.2) is 4.98 Å². The molecule has 0 aliphatic carbocycles. The van der Waals surface area contributed by atoms with Crippen LogP contribution in [0.15, 0.2) is 30.7 Å². The number of carbonyl (C=O) groups is 1. The first kappa shape index (κ1) is 11.3. The third-order valence-corrected chi connectivity index (χ3v) is 2.62. The number of aryl methyl sites for hydroxylation is 1. The van der Waals surface area contributed by atoms with Crippen LogP contribution >= 0.6 is 0 Å². The van der Waals surface area contributed by atoms with Crippen LogP contribution in [0.3, 0.4) is 0 Å². The third kappa shape index (κ3) is 2.50. The Hall–Kier alpha value is -2.17. The number of aromatic nitrogens is 3. The van der Waals surface area contributed by atoms with Gasteiger partial charge in [-0.1, -0.05) is 0 Å². The van der Waals surface area contributed by atoms with Gasteiger partial charge in [0.1, 0.15) is 5.82 Å². The van der Waals surface area contributed by atoms with Crippen LogP contribution in [0, 0.1) is 0 Å². The quantitative estimate of drug-likeness (QED) is 0.865. The maximum atomic E-state index is 10.5. The van der Waals surface area contributed by atoms with E-state index in [1.165, 1.54) is 0 Å². The van der Waals surface area contributed by atoms with Gasteiger partial charge in [-0.2, -0.15) is 0 Å². The van der Waals surface area contributed by atoms with E-state index in [0.29, 0.717) is 6.42 Å². The molecular weight excluding hydrogens is 218 g/mol. The van der Waals surface area contributed by atoms with Gasteiger partial charge in [0.2, 0.25) is 0 Å². The van der Waals surface area contributed by atoms with Gasteiger partial charge < -0.3 is 9.67 Å². The second kappa shape index (κ2) is 4.78. The lowest BCUT2D eigenvalue weighted by Crippen LogP contribution is -2.04. The molecule has 0 aromatic carbocycles. The summed E-state index contributed by atoms with van der Waals surface area (Å²) in [5.74, 6) is -0.0299. The average molecular weight is 231 g/mol. The lowest BCUT2D eigenvalue weighted by atomic mass is 10.2. The highest BCUT2D eigenvalue weighted by Crippen LogP contribution is 2.19. The van der Waals surface area contributed by atoms with Crippen LogP contribution in [0.1, 0.15) is 12.2 Å². The highest BCUT2D eigenvalue weighted by molar-refractivity contribution is 5.67. The van der Waals surface area contributed by atoms with Gasteiger partial charge in [-0.05, 0) is 12.1 Å². The molecule has 5 heteroatoms. The average Bonchev–Trinajstić information content (AvgIpc) is 2.69. The van der Waals surface area contributed by atoms with Crippen molar-refractivity contribution in [2.45, 2.75) is 12.8 Å². The maximum Gasteiger partial charge on any atom is 0.303 e. The molecule has 0 radical (unpaired) electrons. The van der Waals surface area contributed by atoms with Crippen LogP contribution in [-0.4, -0.2) is 25.6 Å². The number of carboxylic acids is 1. The fourth-order valence-electron chi connectivity index (χ4n) is 1.69. The predicted molar refractivity (Wildman–Crippen MR) is 62.4 cm³/mol. The molecule has 2 rings (SSSR count). The zero-order valence-electron chi connectivity index (χ0n) is 9.50.